The van der Waals surface area contributed by atoms with E-state index in [1.807, 2.05) is 0 Å². The van der Waals surface area contributed by atoms with E-state index in [9.17, 15) is 9.59 Å². The molecule has 0 aromatic rings. The first kappa shape index (κ1) is 10.9. The number of rotatable bonds is 4. The molecular weight excluding hydrogens is 235 g/mol. The fourth-order valence-corrected chi connectivity index (χ4v) is 0.605. The Morgan fingerprint density at radius 2 is 2.18 bits per heavy atom. The molecule has 0 radical (unpaired) electrons. The molecule has 0 aliphatic heterocycles. The first-order valence-electron chi connectivity index (χ1n) is 2.95. The molecule has 1 atom stereocenters. The van der Waals surface area contributed by atoms with Crippen LogP contribution in [0, 0.1) is 0 Å². The lowest BCUT2D eigenvalue weighted by Gasteiger charge is -2.02. The van der Waals surface area contributed by atoms with Gasteiger partial charge in [-0.25, -0.2) is 0 Å². The predicted octanol–water partition coefficient (Wildman–Crippen LogP) is 1.47. The van der Waals surface area contributed by atoms with Gasteiger partial charge in [-0.3, -0.25) is 9.59 Å². The van der Waals surface area contributed by atoms with E-state index in [4.69, 9.17) is 11.6 Å². The summed E-state index contributed by atoms with van der Waals surface area (Å²) < 4.78 is 4.19. The average molecular weight is 243 g/mol. The summed E-state index contributed by atoms with van der Waals surface area (Å²) in [5, 5.41) is 0. The summed E-state index contributed by atoms with van der Waals surface area (Å²) in [6.07, 6.45) is -0.184. The second-order valence-electron chi connectivity index (χ2n) is 1.95. The van der Waals surface area contributed by atoms with Crippen molar-refractivity contribution < 1.29 is 14.3 Å². The molecule has 0 rings (SSSR count). The number of hydrogen-bond donors (Lipinski definition) is 0. The zero-order chi connectivity index (χ0) is 8.85. The zero-order valence-corrected chi connectivity index (χ0v) is 8.31. The summed E-state index contributed by atoms with van der Waals surface area (Å²) in [7, 11) is 0. The predicted molar refractivity (Wildman–Crippen MR) is 44.8 cm³/mol. The minimum atomic E-state index is -0.539. The Morgan fingerprint density at radius 3 is 2.55 bits per heavy atom. The number of carbonyl (C=O) groups is 2. The monoisotopic (exact) mass is 242 g/mol. The van der Waals surface area contributed by atoms with Crippen molar-refractivity contribution >= 4 is 39.3 Å². The molecular formula is C6H8BrClO3. The summed E-state index contributed by atoms with van der Waals surface area (Å²) >= 11 is 8.39. The van der Waals surface area contributed by atoms with Crippen LogP contribution in [0.2, 0.25) is 0 Å². The van der Waals surface area contributed by atoms with E-state index in [1.165, 1.54) is 6.92 Å². The van der Waals surface area contributed by atoms with E-state index >= 15 is 0 Å². The summed E-state index contributed by atoms with van der Waals surface area (Å²) in [4.78, 5) is 21.0. The molecule has 0 aliphatic rings. The zero-order valence-electron chi connectivity index (χ0n) is 5.97. The van der Waals surface area contributed by atoms with Gasteiger partial charge in [0.2, 0.25) is 0 Å². The number of halogens is 2. The van der Waals surface area contributed by atoms with E-state index in [2.05, 4.69) is 20.7 Å². The molecule has 0 saturated carbocycles. The van der Waals surface area contributed by atoms with Crippen molar-refractivity contribution in [2.24, 2.45) is 0 Å². The van der Waals surface area contributed by atoms with Crippen molar-refractivity contribution in [3.8, 4) is 0 Å². The van der Waals surface area contributed by atoms with Gasteiger partial charge >= 0.3 is 5.97 Å². The Balaban J connectivity index is 3.46. The summed E-state index contributed by atoms with van der Waals surface area (Å²) in [5.74, 6) is -0.752. The molecule has 11 heavy (non-hydrogen) atoms. The summed E-state index contributed by atoms with van der Waals surface area (Å²) in [6, 6.07) is 0. The maximum Gasteiger partial charge on any atom is 0.313 e. The Kier molecular flexibility index (Phi) is 5.50. The number of carbonyl (C=O) groups excluding carboxylic acids is 2. The van der Waals surface area contributed by atoms with Crippen LogP contribution in [0.5, 0.6) is 0 Å². The largest absolute Gasteiger partial charge is 0.463 e. The van der Waals surface area contributed by atoms with Crippen molar-refractivity contribution in [3.05, 3.63) is 0 Å². The van der Waals surface area contributed by atoms with Gasteiger partial charge in [0.25, 0.3) is 0 Å². The highest BCUT2D eigenvalue weighted by molar-refractivity contribution is 9.10. The van der Waals surface area contributed by atoms with Crippen molar-refractivity contribution in [2.45, 2.75) is 17.6 Å². The average Bonchev–Trinajstić information content (AvgIpc) is 1.82. The molecule has 0 aromatic carbocycles. The SMILES string of the molecule is CC(=O)CC(=O)OCC(Cl)Br. The van der Waals surface area contributed by atoms with Gasteiger partial charge < -0.3 is 4.74 Å². The van der Waals surface area contributed by atoms with Crippen molar-refractivity contribution in [3.63, 3.8) is 0 Å². The molecule has 64 valence electrons. The van der Waals surface area contributed by atoms with Gasteiger partial charge in [0.15, 0.2) is 0 Å². The van der Waals surface area contributed by atoms with Crippen molar-refractivity contribution in [2.75, 3.05) is 6.61 Å². The highest BCUT2D eigenvalue weighted by Crippen LogP contribution is 2.05. The van der Waals surface area contributed by atoms with Crippen LogP contribution in [0.4, 0.5) is 0 Å². The van der Waals surface area contributed by atoms with E-state index in [0.717, 1.165) is 0 Å². The molecule has 0 N–H and O–H groups in total. The highest BCUT2D eigenvalue weighted by atomic mass is 79.9. The smallest absolute Gasteiger partial charge is 0.313 e. The fraction of sp³-hybridized carbons (Fsp3) is 0.667. The number of esters is 1. The third kappa shape index (κ3) is 7.81. The molecule has 5 heteroatoms. The fourth-order valence-electron chi connectivity index (χ4n) is 0.410. The van der Waals surface area contributed by atoms with Gasteiger partial charge in [0, 0.05) is 0 Å². The standard InChI is InChI=1S/C6H8BrClO3/c1-4(9)2-6(10)11-3-5(7)8/h5H,2-3H2,1H3. The number of alkyl halides is 2. The molecule has 0 aromatic heterocycles. The highest BCUT2D eigenvalue weighted by Gasteiger charge is 2.07. The maximum atomic E-state index is 10.6. The Morgan fingerprint density at radius 1 is 1.64 bits per heavy atom. The molecule has 0 fully saturated rings. The number of Topliss-reactive ketones (excluding diaryl/α,β-unsaturated/α-hetero) is 1. The van der Waals surface area contributed by atoms with Crippen LogP contribution >= 0.6 is 27.5 Å². The lowest BCUT2D eigenvalue weighted by atomic mass is 10.3. The molecule has 0 amide bonds. The number of ketones is 1. The normalized spacial score (nSPS) is 12.3. The van der Waals surface area contributed by atoms with Gasteiger partial charge in [-0.1, -0.05) is 15.9 Å². The minimum Gasteiger partial charge on any atom is -0.463 e. The quantitative estimate of drug-likeness (QED) is 0.427. The van der Waals surface area contributed by atoms with E-state index < -0.39 is 10.3 Å². The van der Waals surface area contributed by atoms with Crippen molar-refractivity contribution in [1.82, 2.24) is 0 Å². The lowest BCUT2D eigenvalue weighted by molar-refractivity contribution is -0.145. The van der Waals surface area contributed by atoms with Gasteiger partial charge in [-0.15, -0.1) is 11.6 Å². The van der Waals surface area contributed by atoms with E-state index in [0.29, 0.717) is 0 Å². The minimum absolute atomic E-state index is 0.0771. The Hall–Kier alpha value is -0.0900. The lowest BCUT2D eigenvalue weighted by Crippen LogP contribution is -2.12. The second-order valence-corrected chi connectivity index (χ2v) is 4.11. The second kappa shape index (κ2) is 5.55. The molecule has 0 heterocycles. The van der Waals surface area contributed by atoms with Crippen LogP contribution in [0.25, 0.3) is 0 Å². The van der Waals surface area contributed by atoms with Gasteiger partial charge in [-0.2, -0.15) is 0 Å². The molecule has 3 nitrogen and oxygen atoms in total. The van der Waals surface area contributed by atoms with Crippen LogP contribution in [0.3, 0.4) is 0 Å². The van der Waals surface area contributed by atoms with Gasteiger partial charge in [-0.05, 0) is 6.92 Å². The van der Waals surface area contributed by atoms with Crippen molar-refractivity contribution in [1.29, 1.82) is 0 Å². The number of ether oxygens (including phenoxy) is 1. The molecule has 1 unspecified atom stereocenters. The molecule has 0 aliphatic carbocycles. The number of hydrogen-bond acceptors (Lipinski definition) is 3. The van der Waals surface area contributed by atoms with Crippen LogP contribution in [-0.2, 0) is 14.3 Å². The van der Waals surface area contributed by atoms with Crippen LogP contribution in [-0.4, -0.2) is 22.6 Å². The molecule has 0 bridgehead atoms. The summed E-state index contributed by atoms with van der Waals surface area (Å²) in [6.45, 7) is 1.40. The Bertz CT molecular complexity index is 158. The first-order chi connectivity index (χ1) is 5.02. The van der Waals surface area contributed by atoms with Crippen LogP contribution in [0.15, 0.2) is 0 Å². The maximum absolute atomic E-state index is 10.6. The van der Waals surface area contributed by atoms with Gasteiger partial charge in [0.05, 0.1) is 0 Å². The first-order valence-corrected chi connectivity index (χ1v) is 4.30. The van der Waals surface area contributed by atoms with E-state index in [1.54, 1.807) is 0 Å². The van der Waals surface area contributed by atoms with E-state index in [-0.39, 0.29) is 18.8 Å². The van der Waals surface area contributed by atoms with Gasteiger partial charge in [0.1, 0.15) is 23.1 Å². The Labute approximate surface area is 78.2 Å². The van der Waals surface area contributed by atoms with Crippen LogP contribution in [0.1, 0.15) is 13.3 Å². The molecule has 0 saturated heterocycles. The summed E-state index contributed by atoms with van der Waals surface area (Å²) in [5.41, 5.74) is 0. The third-order valence-corrected chi connectivity index (χ3v) is 1.15. The topological polar surface area (TPSA) is 43.4 Å². The van der Waals surface area contributed by atoms with Crippen LogP contribution < -0.4 is 0 Å². The third-order valence-electron chi connectivity index (χ3n) is 0.764. The molecule has 0 spiro atoms.